The second-order valence-electron chi connectivity index (χ2n) is 2.22. The van der Waals surface area contributed by atoms with Gasteiger partial charge in [-0.2, -0.15) is 0 Å². The van der Waals surface area contributed by atoms with Gasteiger partial charge < -0.3 is 5.32 Å². The van der Waals surface area contributed by atoms with Gasteiger partial charge in [-0.25, -0.2) is 0 Å². The van der Waals surface area contributed by atoms with Crippen molar-refractivity contribution in [2.24, 2.45) is 0 Å². The molecule has 0 aliphatic carbocycles. The van der Waals surface area contributed by atoms with Crippen molar-refractivity contribution in [1.82, 2.24) is 10.3 Å². The molecule has 0 spiro atoms. The molecule has 0 fully saturated rings. The van der Waals surface area contributed by atoms with Gasteiger partial charge in [0.1, 0.15) is 0 Å². The highest BCUT2D eigenvalue weighted by molar-refractivity contribution is 5.97. The Labute approximate surface area is 70.2 Å². The monoisotopic (exact) mass is 170 g/mol. The second-order valence-corrected chi connectivity index (χ2v) is 2.22. The molecule has 1 amide bonds. The molecule has 1 aliphatic heterocycles. The minimum atomic E-state index is 0. The van der Waals surface area contributed by atoms with E-state index in [1.54, 1.807) is 18.5 Å². The molecule has 1 N–H and O–H groups in total. The van der Waals surface area contributed by atoms with Gasteiger partial charge >= 0.3 is 0 Å². The first kappa shape index (κ1) is 8.01. The first-order valence-electron chi connectivity index (χ1n) is 3.09. The van der Waals surface area contributed by atoms with E-state index in [1.807, 2.05) is 0 Å². The van der Waals surface area contributed by atoms with Gasteiger partial charge in [0, 0.05) is 30.1 Å². The predicted octanol–water partition coefficient (Wildman–Crippen LogP) is 0.747. The van der Waals surface area contributed by atoms with E-state index in [0.717, 1.165) is 11.1 Å². The first-order valence-corrected chi connectivity index (χ1v) is 3.09. The largest absolute Gasteiger partial charge is 0.348 e. The summed E-state index contributed by atoms with van der Waals surface area (Å²) >= 11 is 0. The van der Waals surface area contributed by atoms with E-state index in [4.69, 9.17) is 0 Å². The van der Waals surface area contributed by atoms with Crippen LogP contribution in [0, 0.1) is 0 Å². The van der Waals surface area contributed by atoms with Gasteiger partial charge in [-0.15, -0.1) is 12.4 Å². The first-order chi connectivity index (χ1) is 4.88. The molecular formula is C7H7ClN2O. The van der Waals surface area contributed by atoms with Crippen LogP contribution in [0.15, 0.2) is 18.5 Å². The van der Waals surface area contributed by atoms with Crippen LogP contribution in [0.25, 0.3) is 0 Å². The number of nitrogens with one attached hydrogen (secondary N) is 1. The van der Waals surface area contributed by atoms with Crippen LogP contribution in [0.1, 0.15) is 15.9 Å². The molecule has 0 radical (unpaired) electrons. The number of pyridine rings is 1. The smallest absolute Gasteiger partial charge is 0.252 e. The maximum Gasteiger partial charge on any atom is 0.252 e. The quantitative estimate of drug-likeness (QED) is 0.624. The van der Waals surface area contributed by atoms with Crippen molar-refractivity contribution < 1.29 is 4.79 Å². The zero-order chi connectivity index (χ0) is 6.97. The van der Waals surface area contributed by atoms with Crippen LogP contribution < -0.4 is 5.32 Å². The SMILES string of the molecule is Cl.O=C1NCc2cnccc21. The van der Waals surface area contributed by atoms with Crippen LogP contribution in [-0.2, 0) is 6.54 Å². The number of carbonyl (C=O) groups excluding carboxylic acids is 1. The van der Waals surface area contributed by atoms with Gasteiger partial charge in [-0.3, -0.25) is 9.78 Å². The number of amides is 1. The molecule has 0 unspecified atom stereocenters. The van der Waals surface area contributed by atoms with Crippen LogP contribution in [0.2, 0.25) is 0 Å². The van der Waals surface area contributed by atoms with Crippen LogP contribution in [-0.4, -0.2) is 10.9 Å². The van der Waals surface area contributed by atoms with Crippen LogP contribution in [0.5, 0.6) is 0 Å². The molecule has 0 atom stereocenters. The van der Waals surface area contributed by atoms with E-state index in [-0.39, 0.29) is 18.3 Å². The van der Waals surface area contributed by atoms with Gasteiger partial charge in [0.05, 0.1) is 0 Å². The normalized spacial score (nSPS) is 13.3. The highest BCUT2D eigenvalue weighted by atomic mass is 35.5. The number of halogens is 1. The Kier molecular flexibility index (Phi) is 2.10. The number of rotatable bonds is 0. The number of nitrogens with zero attached hydrogens (tertiary/aromatic N) is 1. The molecule has 2 rings (SSSR count). The van der Waals surface area contributed by atoms with Gasteiger partial charge in [-0.05, 0) is 6.07 Å². The summed E-state index contributed by atoms with van der Waals surface area (Å²) in [7, 11) is 0. The molecule has 1 aliphatic rings. The third-order valence-electron chi connectivity index (χ3n) is 1.59. The zero-order valence-corrected chi connectivity index (χ0v) is 6.52. The highest BCUT2D eigenvalue weighted by Crippen LogP contribution is 2.11. The Morgan fingerprint density at radius 3 is 3.09 bits per heavy atom. The van der Waals surface area contributed by atoms with E-state index in [2.05, 4.69) is 10.3 Å². The summed E-state index contributed by atoms with van der Waals surface area (Å²) in [4.78, 5) is 14.8. The van der Waals surface area contributed by atoms with E-state index in [0.29, 0.717) is 6.54 Å². The molecule has 11 heavy (non-hydrogen) atoms. The zero-order valence-electron chi connectivity index (χ0n) is 5.70. The molecular weight excluding hydrogens is 164 g/mol. The molecule has 0 aromatic carbocycles. The highest BCUT2D eigenvalue weighted by Gasteiger charge is 2.16. The molecule has 1 aromatic rings. The number of aromatic nitrogens is 1. The van der Waals surface area contributed by atoms with E-state index >= 15 is 0 Å². The maximum absolute atomic E-state index is 10.9. The Morgan fingerprint density at radius 2 is 2.36 bits per heavy atom. The summed E-state index contributed by atoms with van der Waals surface area (Å²) in [5.41, 5.74) is 1.75. The van der Waals surface area contributed by atoms with E-state index < -0.39 is 0 Å². The summed E-state index contributed by atoms with van der Waals surface area (Å²) in [5, 5.41) is 2.71. The Bertz CT molecular complexity index is 288. The fraction of sp³-hybridized carbons (Fsp3) is 0.143. The predicted molar refractivity (Wildman–Crippen MR) is 42.7 cm³/mol. The van der Waals surface area contributed by atoms with Crippen molar-refractivity contribution >= 4 is 18.3 Å². The average Bonchev–Trinajstić information content (AvgIpc) is 2.34. The standard InChI is InChI=1S/C7H6N2O.ClH/c10-7-6-1-2-8-3-5(6)4-9-7;/h1-3H,4H2,(H,9,10);1H. The number of carbonyl (C=O) groups is 1. The van der Waals surface area contributed by atoms with Crippen molar-refractivity contribution in [2.45, 2.75) is 6.54 Å². The molecule has 2 heterocycles. The molecule has 4 heteroatoms. The lowest BCUT2D eigenvalue weighted by Crippen LogP contribution is -2.12. The second kappa shape index (κ2) is 2.88. The van der Waals surface area contributed by atoms with E-state index in [1.165, 1.54) is 0 Å². The molecule has 58 valence electrons. The minimum Gasteiger partial charge on any atom is -0.348 e. The van der Waals surface area contributed by atoms with E-state index in [9.17, 15) is 4.79 Å². The third-order valence-corrected chi connectivity index (χ3v) is 1.59. The maximum atomic E-state index is 10.9. The van der Waals surface area contributed by atoms with Crippen molar-refractivity contribution in [3.63, 3.8) is 0 Å². The summed E-state index contributed by atoms with van der Waals surface area (Å²) in [5.74, 6) is 0.0115. The van der Waals surface area contributed by atoms with Crippen molar-refractivity contribution in [1.29, 1.82) is 0 Å². The number of hydrogen-bond donors (Lipinski definition) is 1. The molecule has 0 saturated carbocycles. The molecule has 0 saturated heterocycles. The fourth-order valence-corrected chi connectivity index (χ4v) is 1.06. The average molecular weight is 171 g/mol. The Hall–Kier alpha value is -1.09. The lowest BCUT2D eigenvalue weighted by atomic mass is 10.2. The topological polar surface area (TPSA) is 42.0 Å². The number of hydrogen-bond acceptors (Lipinski definition) is 2. The Morgan fingerprint density at radius 1 is 1.55 bits per heavy atom. The van der Waals surface area contributed by atoms with Gasteiger partial charge in [0.15, 0.2) is 0 Å². The van der Waals surface area contributed by atoms with Crippen LogP contribution in [0.3, 0.4) is 0 Å². The lowest BCUT2D eigenvalue weighted by molar-refractivity contribution is 0.0966. The van der Waals surface area contributed by atoms with Gasteiger partial charge in [0.25, 0.3) is 5.91 Å². The van der Waals surface area contributed by atoms with Gasteiger partial charge in [0.2, 0.25) is 0 Å². The molecule has 3 nitrogen and oxygen atoms in total. The van der Waals surface area contributed by atoms with Crippen molar-refractivity contribution in [2.75, 3.05) is 0 Å². The summed E-state index contributed by atoms with van der Waals surface area (Å²) in [6.07, 6.45) is 3.34. The summed E-state index contributed by atoms with van der Waals surface area (Å²) in [6, 6.07) is 1.73. The van der Waals surface area contributed by atoms with Crippen LogP contribution >= 0.6 is 12.4 Å². The minimum absolute atomic E-state index is 0. The fourth-order valence-electron chi connectivity index (χ4n) is 1.06. The lowest BCUT2D eigenvalue weighted by Gasteiger charge is -1.89. The molecule has 1 aromatic heterocycles. The van der Waals surface area contributed by atoms with Crippen molar-refractivity contribution in [3.8, 4) is 0 Å². The third kappa shape index (κ3) is 1.19. The van der Waals surface area contributed by atoms with Gasteiger partial charge in [-0.1, -0.05) is 0 Å². The summed E-state index contributed by atoms with van der Waals surface area (Å²) in [6.45, 7) is 0.627. The Balaban J connectivity index is 0.000000605. The molecule has 0 bridgehead atoms. The van der Waals surface area contributed by atoms with Crippen LogP contribution in [0.4, 0.5) is 0 Å². The van der Waals surface area contributed by atoms with Crippen molar-refractivity contribution in [3.05, 3.63) is 29.6 Å². The summed E-state index contributed by atoms with van der Waals surface area (Å²) < 4.78 is 0. The number of fused-ring (bicyclic) bond motifs is 1.